The largest absolute Gasteiger partial charge is 0.497 e. The van der Waals surface area contributed by atoms with Crippen molar-refractivity contribution in [3.8, 4) is 5.75 Å². The Morgan fingerprint density at radius 1 is 1.00 bits per heavy atom. The molecule has 0 N–H and O–H groups in total. The SMILES string of the molecule is COc1ccc(C=Cc2ncccn2)cc1. The van der Waals surface area contributed by atoms with Crippen molar-refractivity contribution < 1.29 is 4.74 Å². The van der Waals surface area contributed by atoms with Crippen molar-refractivity contribution in [2.75, 3.05) is 7.11 Å². The highest BCUT2D eigenvalue weighted by atomic mass is 16.5. The van der Waals surface area contributed by atoms with Crippen LogP contribution in [0, 0.1) is 0 Å². The van der Waals surface area contributed by atoms with E-state index in [0.29, 0.717) is 5.82 Å². The molecule has 0 atom stereocenters. The fraction of sp³-hybridized carbons (Fsp3) is 0.0769. The normalized spacial score (nSPS) is 10.6. The van der Waals surface area contributed by atoms with E-state index in [1.165, 1.54) is 0 Å². The fourth-order valence-electron chi connectivity index (χ4n) is 1.28. The van der Waals surface area contributed by atoms with E-state index in [1.54, 1.807) is 25.6 Å². The monoisotopic (exact) mass is 212 g/mol. The van der Waals surface area contributed by atoms with Gasteiger partial charge in [0.15, 0.2) is 5.82 Å². The Kier molecular flexibility index (Phi) is 3.28. The summed E-state index contributed by atoms with van der Waals surface area (Å²) in [5.74, 6) is 1.56. The molecule has 0 saturated heterocycles. The molecule has 2 aromatic rings. The maximum absolute atomic E-state index is 5.08. The van der Waals surface area contributed by atoms with Gasteiger partial charge in [0.25, 0.3) is 0 Å². The van der Waals surface area contributed by atoms with Gasteiger partial charge in [-0.2, -0.15) is 0 Å². The number of rotatable bonds is 3. The molecular formula is C13H12N2O. The maximum atomic E-state index is 5.08. The molecular weight excluding hydrogens is 200 g/mol. The van der Waals surface area contributed by atoms with Crippen LogP contribution in [0.3, 0.4) is 0 Å². The lowest BCUT2D eigenvalue weighted by molar-refractivity contribution is 0.415. The summed E-state index contributed by atoms with van der Waals surface area (Å²) in [4.78, 5) is 8.21. The molecule has 1 aromatic heterocycles. The van der Waals surface area contributed by atoms with Crippen molar-refractivity contribution in [1.29, 1.82) is 0 Å². The van der Waals surface area contributed by atoms with Gasteiger partial charge in [-0.3, -0.25) is 0 Å². The number of ether oxygens (including phenoxy) is 1. The molecule has 2 rings (SSSR count). The summed E-state index contributed by atoms with van der Waals surface area (Å²) in [5.41, 5.74) is 1.09. The first kappa shape index (κ1) is 10.4. The molecule has 0 radical (unpaired) electrons. The van der Waals surface area contributed by atoms with Crippen LogP contribution < -0.4 is 4.74 Å². The van der Waals surface area contributed by atoms with Gasteiger partial charge in [0.05, 0.1) is 7.11 Å². The molecule has 0 spiro atoms. The second-order valence-electron chi connectivity index (χ2n) is 3.21. The van der Waals surface area contributed by atoms with Crippen LogP contribution in [0.2, 0.25) is 0 Å². The van der Waals surface area contributed by atoms with Gasteiger partial charge in [0.2, 0.25) is 0 Å². The number of nitrogens with zero attached hydrogens (tertiary/aromatic N) is 2. The second-order valence-corrected chi connectivity index (χ2v) is 3.21. The average molecular weight is 212 g/mol. The maximum Gasteiger partial charge on any atom is 0.151 e. The number of aromatic nitrogens is 2. The minimum atomic E-state index is 0.707. The lowest BCUT2D eigenvalue weighted by Crippen LogP contribution is -1.83. The fourth-order valence-corrected chi connectivity index (χ4v) is 1.28. The Hall–Kier alpha value is -2.16. The van der Waals surface area contributed by atoms with Crippen molar-refractivity contribution in [1.82, 2.24) is 9.97 Å². The Morgan fingerprint density at radius 3 is 2.31 bits per heavy atom. The summed E-state index contributed by atoms with van der Waals surface area (Å²) < 4.78 is 5.08. The van der Waals surface area contributed by atoms with Gasteiger partial charge in [0.1, 0.15) is 5.75 Å². The van der Waals surface area contributed by atoms with Crippen LogP contribution in [0.15, 0.2) is 42.7 Å². The van der Waals surface area contributed by atoms with E-state index >= 15 is 0 Å². The van der Waals surface area contributed by atoms with Crippen molar-refractivity contribution >= 4 is 12.2 Å². The quantitative estimate of drug-likeness (QED) is 0.784. The van der Waals surface area contributed by atoms with Crippen LogP contribution in [0.25, 0.3) is 12.2 Å². The van der Waals surface area contributed by atoms with Gasteiger partial charge in [-0.25, -0.2) is 9.97 Å². The molecule has 0 aliphatic rings. The second kappa shape index (κ2) is 5.07. The Bertz CT molecular complexity index is 463. The van der Waals surface area contributed by atoms with E-state index in [9.17, 15) is 0 Å². The van der Waals surface area contributed by atoms with Crippen molar-refractivity contribution in [2.45, 2.75) is 0 Å². The topological polar surface area (TPSA) is 35.0 Å². The van der Waals surface area contributed by atoms with E-state index in [0.717, 1.165) is 11.3 Å². The first-order chi connectivity index (χ1) is 7.88. The summed E-state index contributed by atoms with van der Waals surface area (Å²) in [5, 5.41) is 0. The van der Waals surface area contributed by atoms with E-state index in [4.69, 9.17) is 4.74 Å². The molecule has 0 aliphatic carbocycles. The third-order valence-corrected chi connectivity index (χ3v) is 2.13. The van der Waals surface area contributed by atoms with E-state index in [1.807, 2.05) is 36.4 Å². The molecule has 3 nitrogen and oxygen atoms in total. The summed E-state index contributed by atoms with van der Waals surface area (Å²) in [6, 6.07) is 9.61. The van der Waals surface area contributed by atoms with Crippen LogP contribution in [-0.2, 0) is 0 Å². The summed E-state index contributed by atoms with van der Waals surface area (Å²) in [7, 11) is 1.66. The minimum absolute atomic E-state index is 0.707. The first-order valence-electron chi connectivity index (χ1n) is 4.97. The van der Waals surface area contributed by atoms with Gasteiger partial charge in [-0.1, -0.05) is 18.2 Å². The van der Waals surface area contributed by atoms with Crippen molar-refractivity contribution in [3.63, 3.8) is 0 Å². The van der Waals surface area contributed by atoms with Crippen LogP contribution in [0.1, 0.15) is 11.4 Å². The molecule has 0 fully saturated rings. The molecule has 1 heterocycles. The molecule has 0 aliphatic heterocycles. The number of hydrogen-bond acceptors (Lipinski definition) is 3. The minimum Gasteiger partial charge on any atom is -0.497 e. The van der Waals surface area contributed by atoms with Gasteiger partial charge in [-0.15, -0.1) is 0 Å². The Labute approximate surface area is 94.4 Å². The number of methoxy groups -OCH3 is 1. The lowest BCUT2D eigenvalue weighted by atomic mass is 10.2. The molecule has 1 aromatic carbocycles. The predicted molar refractivity (Wildman–Crippen MR) is 64.0 cm³/mol. The Balaban J connectivity index is 2.12. The third kappa shape index (κ3) is 2.67. The van der Waals surface area contributed by atoms with Crippen LogP contribution in [0.5, 0.6) is 5.75 Å². The van der Waals surface area contributed by atoms with Crippen LogP contribution >= 0.6 is 0 Å². The van der Waals surface area contributed by atoms with Gasteiger partial charge in [-0.05, 0) is 29.8 Å². The zero-order valence-electron chi connectivity index (χ0n) is 9.00. The summed E-state index contributed by atoms with van der Waals surface area (Å²) >= 11 is 0. The molecule has 0 unspecified atom stereocenters. The number of hydrogen-bond donors (Lipinski definition) is 0. The number of benzene rings is 1. The highest BCUT2D eigenvalue weighted by molar-refractivity contribution is 5.66. The molecule has 0 saturated carbocycles. The van der Waals surface area contributed by atoms with Gasteiger partial charge in [0, 0.05) is 12.4 Å². The van der Waals surface area contributed by atoms with E-state index in [2.05, 4.69) is 9.97 Å². The van der Waals surface area contributed by atoms with E-state index in [-0.39, 0.29) is 0 Å². The lowest BCUT2D eigenvalue weighted by Gasteiger charge is -1.98. The zero-order chi connectivity index (χ0) is 11.2. The standard InChI is InChI=1S/C13H12N2O/c1-16-12-6-3-11(4-7-12)5-8-13-14-9-2-10-15-13/h2-10H,1H3. The molecule has 0 amide bonds. The van der Waals surface area contributed by atoms with E-state index < -0.39 is 0 Å². The Morgan fingerprint density at radius 2 is 1.69 bits per heavy atom. The average Bonchev–Trinajstić information content (AvgIpc) is 2.38. The zero-order valence-corrected chi connectivity index (χ0v) is 9.00. The molecule has 3 heteroatoms. The molecule has 80 valence electrons. The van der Waals surface area contributed by atoms with Gasteiger partial charge >= 0.3 is 0 Å². The highest BCUT2D eigenvalue weighted by Crippen LogP contribution is 2.12. The van der Waals surface area contributed by atoms with Crippen molar-refractivity contribution in [3.05, 3.63) is 54.1 Å². The van der Waals surface area contributed by atoms with Gasteiger partial charge < -0.3 is 4.74 Å². The summed E-state index contributed by atoms with van der Waals surface area (Å²) in [6.07, 6.45) is 7.29. The third-order valence-electron chi connectivity index (χ3n) is 2.13. The summed E-state index contributed by atoms with van der Waals surface area (Å²) in [6.45, 7) is 0. The smallest absolute Gasteiger partial charge is 0.151 e. The van der Waals surface area contributed by atoms with Crippen LogP contribution in [-0.4, -0.2) is 17.1 Å². The highest BCUT2D eigenvalue weighted by Gasteiger charge is 1.91. The molecule has 16 heavy (non-hydrogen) atoms. The van der Waals surface area contributed by atoms with Crippen LogP contribution in [0.4, 0.5) is 0 Å². The molecule has 0 bridgehead atoms. The predicted octanol–water partition coefficient (Wildman–Crippen LogP) is 2.66. The van der Waals surface area contributed by atoms with Crippen molar-refractivity contribution in [2.24, 2.45) is 0 Å². The first-order valence-corrected chi connectivity index (χ1v) is 4.97.